The minimum absolute atomic E-state index is 0.0475. The van der Waals surface area contributed by atoms with E-state index >= 15 is 0 Å². The van der Waals surface area contributed by atoms with Crippen LogP contribution in [0.25, 0.3) is 0 Å². The predicted molar refractivity (Wildman–Crippen MR) is 80.2 cm³/mol. The second kappa shape index (κ2) is 6.37. The molecule has 1 aromatic rings. The first-order chi connectivity index (χ1) is 8.90. The van der Waals surface area contributed by atoms with E-state index in [1.54, 1.807) is 7.11 Å². The van der Waals surface area contributed by atoms with Gasteiger partial charge in [0.1, 0.15) is 5.75 Å². The maximum Gasteiger partial charge on any atom is 0.119 e. The van der Waals surface area contributed by atoms with E-state index in [1.165, 1.54) is 11.1 Å². The molecule has 0 radical (unpaired) electrons. The number of nitrogens with one attached hydrogen (secondary N) is 1. The van der Waals surface area contributed by atoms with Crippen LogP contribution in [0.5, 0.6) is 5.75 Å². The first kappa shape index (κ1) is 16.0. The topological polar surface area (TPSA) is 50.5 Å². The third kappa shape index (κ3) is 3.08. The Morgan fingerprint density at radius 1 is 1.42 bits per heavy atom. The quantitative estimate of drug-likeness (QED) is 0.612. The standard InChI is InChI=1S/C15H27N3O/c1-7-15(3,18(4)5)14(17-16)13-9-8-12(19-6)10-11(13)2/h8-10,14,17H,7,16H2,1-6H3. The number of hydrogen-bond donors (Lipinski definition) is 2. The van der Waals surface area contributed by atoms with E-state index in [0.717, 1.165) is 12.2 Å². The van der Waals surface area contributed by atoms with Crippen LogP contribution < -0.4 is 16.0 Å². The van der Waals surface area contributed by atoms with Gasteiger partial charge >= 0.3 is 0 Å². The van der Waals surface area contributed by atoms with Crippen molar-refractivity contribution in [1.29, 1.82) is 0 Å². The summed E-state index contributed by atoms with van der Waals surface area (Å²) in [6.07, 6.45) is 1.00. The number of rotatable bonds is 6. The van der Waals surface area contributed by atoms with Crippen molar-refractivity contribution in [2.45, 2.75) is 38.8 Å². The molecule has 0 saturated heterocycles. The summed E-state index contributed by atoms with van der Waals surface area (Å²) in [6, 6.07) is 6.19. The van der Waals surface area contributed by atoms with Gasteiger partial charge in [0.05, 0.1) is 13.2 Å². The number of aryl methyl sites for hydroxylation is 1. The lowest BCUT2D eigenvalue weighted by molar-refractivity contribution is 0.112. The molecule has 2 atom stereocenters. The van der Waals surface area contributed by atoms with Crippen molar-refractivity contribution in [3.63, 3.8) is 0 Å². The van der Waals surface area contributed by atoms with E-state index in [-0.39, 0.29) is 11.6 Å². The Morgan fingerprint density at radius 2 is 2.05 bits per heavy atom. The van der Waals surface area contributed by atoms with Crippen molar-refractivity contribution in [2.24, 2.45) is 5.84 Å². The van der Waals surface area contributed by atoms with E-state index < -0.39 is 0 Å². The summed E-state index contributed by atoms with van der Waals surface area (Å²) < 4.78 is 5.26. The molecule has 4 heteroatoms. The van der Waals surface area contributed by atoms with Gasteiger partial charge in [-0.2, -0.15) is 0 Å². The lowest BCUT2D eigenvalue weighted by atomic mass is 9.82. The Bertz CT molecular complexity index is 420. The molecule has 0 spiro atoms. The average molecular weight is 265 g/mol. The van der Waals surface area contributed by atoms with Gasteiger partial charge in [0.25, 0.3) is 0 Å². The summed E-state index contributed by atoms with van der Waals surface area (Å²) in [5, 5.41) is 0. The molecule has 0 amide bonds. The SMILES string of the molecule is CCC(C)(C(NN)c1ccc(OC)cc1C)N(C)C. The maximum atomic E-state index is 5.84. The van der Waals surface area contributed by atoms with Gasteiger partial charge < -0.3 is 9.64 Å². The van der Waals surface area contributed by atoms with Crippen molar-refractivity contribution in [3.8, 4) is 5.75 Å². The summed E-state index contributed by atoms with van der Waals surface area (Å²) in [7, 11) is 5.86. The summed E-state index contributed by atoms with van der Waals surface area (Å²) in [5.41, 5.74) is 5.33. The number of hydrogen-bond acceptors (Lipinski definition) is 4. The number of hydrazine groups is 1. The van der Waals surface area contributed by atoms with Crippen LogP contribution in [0.1, 0.15) is 37.4 Å². The molecule has 0 aliphatic rings. The van der Waals surface area contributed by atoms with E-state index in [0.29, 0.717) is 0 Å². The van der Waals surface area contributed by atoms with Gasteiger partial charge in [0.15, 0.2) is 0 Å². The molecule has 2 unspecified atom stereocenters. The number of ether oxygens (including phenoxy) is 1. The average Bonchev–Trinajstić information content (AvgIpc) is 2.40. The fourth-order valence-electron chi connectivity index (χ4n) is 2.48. The van der Waals surface area contributed by atoms with E-state index in [4.69, 9.17) is 10.6 Å². The monoisotopic (exact) mass is 265 g/mol. The number of likely N-dealkylation sites (N-methyl/N-ethyl adjacent to an activating group) is 1. The van der Waals surface area contributed by atoms with Gasteiger partial charge in [-0.05, 0) is 57.6 Å². The second-order valence-electron chi connectivity index (χ2n) is 5.43. The molecule has 1 aromatic carbocycles. The second-order valence-corrected chi connectivity index (χ2v) is 5.43. The Kier molecular flexibility index (Phi) is 5.35. The van der Waals surface area contributed by atoms with Gasteiger partial charge in [0, 0.05) is 5.54 Å². The predicted octanol–water partition coefficient (Wildman–Crippen LogP) is 2.24. The highest BCUT2D eigenvalue weighted by Crippen LogP contribution is 2.34. The van der Waals surface area contributed by atoms with E-state index in [2.05, 4.69) is 51.3 Å². The lowest BCUT2D eigenvalue weighted by Gasteiger charge is -2.43. The van der Waals surface area contributed by atoms with E-state index in [1.807, 2.05) is 12.1 Å². The zero-order valence-electron chi connectivity index (χ0n) is 12.9. The first-order valence-corrected chi connectivity index (χ1v) is 6.68. The van der Waals surface area contributed by atoms with Crippen LogP contribution >= 0.6 is 0 Å². The molecule has 0 aliphatic carbocycles. The molecular formula is C15H27N3O. The number of benzene rings is 1. The molecule has 19 heavy (non-hydrogen) atoms. The van der Waals surface area contributed by atoms with Crippen LogP contribution in [-0.2, 0) is 0 Å². The third-order valence-electron chi connectivity index (χ3n) is 4.31. The fourth-order valence-corrected chi connectivity index (χ4v) is 2.48. The molecular weight excluding hydrogens is 238 g/mol. The zero-order valence-corrected chi connectivity index (χ0v) is 12.9. The molecule has 3 N–H and O–H groups in total. The summed E-state index contributed by atoms with van der Waals surface area (Å²) in [5.74, 6) is 6.71. The highest BCUT2D eigenvalue weighted by Gasteiger charge is 2.35. The molecule has 0 aromatic heterocycles. The molecule has 0 fully saturated rings. The van der Waals surface area contributed by atoms with Gasteiger partial charge in [-0.25, -0.2) is 0 Å². The number of nitrogens with two attached hydrogens (primary N) is 1. The number of nitrogens with zero attached hydrogens (tertiary/aromatic N) is 1. The van der Waals surface area contributed by atoms with E-state index in [9.17, 15) is 0 Å². The molecule has 0 saturated carbocycles. The van der Waals surface area contributed by atoms with Gasteiger partial charge in [0.2, 0.25) is 0 Å². The van der Waals surface area contributed by atoms with Crippen molar-refractivity contribution in [1.82, 2.24) is 10.3 Å². The van der Waals surface area contributed by atoms with Crippen LogP contribution in [0.3, 0.4) is 0 Å². The van der Waals surface area contributed by atoms with Crippen molar-refractivity contribution < 1.29 is 4.74 Å². The third-order valence-corrected chi connectivity index (χ3v) is 4.31. The van der Waals surface area contributed by atoms with Crippen molar-refractivity contribution in [3.05, 3.63) is 29.3 Å². The smallest absolute Gasteiger partial charge is 0.119 e. The Balaban J connectivity index is 3.23. The normalized spacial score (nSPS) is 16.2. The molecule has 1 rings (SSSR count). The minimum Gasteiger partial charge on any atom is -0.497 e. The summed E-state index contributed by atoms with van der Waals surface area (Å²) in [6.45, 7) is 6.50. The Labute approximate surface area is 116 Å². The molecule has 0 bridgehead atoms. The zero-order chi connectivity index (χ0) is 14.6. The first-order valence-electron chi connectivity index (χ1n) is 6.68. The lowest BCUT2D eigenvalue weighted by Crippen LogP contribution is -2.53. The molecule has 0 heterocycles. The maximum absolute atomic E-state index is 5.84. The van der Waals surface area contributed by atoms with Crippen LogP contribution in [0.4, 0.5) is 0 Å². The number of methoxy groups -OCH3 is 1. The highest BCUT2D eigenvalue weighted by molar-refractivity contribution is 5.38. The van der Waals surface area contributed by atoms with Crippen LogP contribution in [0.15, 0.2) is 18.2 Å². The highest BCUT2D eigenvalue weighted by atomic mass is 16.5. The van der Waals surface area contributed by atoms with Crippen molar-refractivity contribution in [2.75, 3.05) is 21.2 Å². The van der Waals surface area contributed by atoms with Crippen LogP contribution in [0, 0.1) is 6.92 Å². The molecule has 4 nitrogen and oxygen atoms in total. The Morgan fingerprint density at radius 3 is 2.42 bits per heavy atom. The summed E-state index contributed by atoms with van der Waals surface area (Å²) >= 11 is 0. The van der Waals surface area contributed by atoms with Gasteiger partial charge in [-0.1, -0.05) is 13.0 Å². The van der Waals surface area contributed by atoms with Gasteiger partial charge in [-0.3, -0.25) is 11.3 Å². The molecule has 108 valence electrons. The van der Waals surface area contributed by atoms with Crippen molar-refractivity contribution >= 4 is 0 Å². The summed E-state index contributed by atoms with van der Waals surface area (Å²) in [4.78, 5) is 2.22. The van der Waals surface area contributed by atoms with Crippen LogP contribution in [-0.4, -0.2) is 31.6 Å². The largest absolute Gasteiger partial charge is 0.497 e. The Hall–Kier alpha value is -1.10. The van der Waals surface area contributed by atoms with Gasteiger partial charge in [-0.15, -0.1) is 0 Å². The minimum atomic E-state index is -0.0475. The van der Waals surface area contributed by atoms with Crippen LogP contribution in [0.2, 0.25) is 0 Å². The fraction of sp³-hybridized carbons (Fsp3) is 0.600. The molecule has 0 aliphatic heterocycles.